The Morgan fingerprint density at radius 3 is 3.09 bits per heavy atom. The summed E-state index contributed by atoms with van der Waals surface area (Å²) in [7, 11) is 0. The second-order valence-electron chi connectivity index (χ2n) is 2.56. The van der Waals surface area contributed by atoms with Gasteiger partial charge in [0.05, 0.1) is 12.2 Å². The van der Waals surface area contributed by atoms with Gasteiger partial charge in [0.1, 0.15) is 0 Å². The highest BCUT2D eigenvalue weighted by Crippen LogP contribution is 2.21. The van der Waals surface area contributed by atoms with E-state index in [0.717, 1.165) is 12.3 Å². The molecule has 1 fully saturated rings. The summed E-state index contributed by atoms with van der Waals surface area (Å²) in [6, 6.07) is 2.34. The van der Waals surface area contributed by atoms with Crippen molar-refractivity contribution in [3.8, 4) is 0 Å². The zero-order valence-corrected chi connectivity index (χ0v) is 6.93. The first kappa shape index (κ1) is 8.56. The largest absolute Gasteiger partial charge is 0.360 e. The van der Waals surface area contributed by atoms with Crippen LogP contribution in [-0.4, -0.2) is 11.7 Å². The van der Waals surface area contributed by atoms with Gasteiger partial charge in [0, 0.05) is 6.07 Å². The molecule has 0 amide bonds. The summed E-state index contributed by atoms with van der Waals surface area (Å²) in [6.45, 7) is 1.10. The van der Waals surface area contributed by atoms with Crippen LogP contribution >= 0.6 is 12.4 Å². The molecule has 3 nitrogen and oxygen atoms in total. The molecule has 1 N–H and O–H groups in total. The van der Waals surface area contributed by atoms with Crippen molar-refractivity contribution in [1.29, 1.82) is 0 Å². The first-order valence-corrected chi connectivity index (χ1v) is 3.61. The molecular weight excluding hydrogens is 164 g/mol. The lowest BCUT2D eigenvalue weighted by atomic mass is 10.2. The van der Waals surface area contributed by atoms with Crippen molar-refractivity contribution >= 4 is 12.4 Å². The molecule has 1 aromatic rings. The molecule has 2 heterocycles. The summed E-state index contributed by atoms with van der Waals surface area (Å²) >= 11 is 0. The van der Waals surface area contributed by atoms with Gasteiger partial charge in [0.2, 0.25) is 0 Å². The van der Waals surface area contributed by atoms with E-state index in [-0.39, 0.29) is 12.4 Å². The number of aromatic nitrogens is 1. The van der Waals surface area contributed by atoms with Gasteiger partial charge in [-0.2, -0.15) is 0 Å². The highest BCUT2D eigenvalue weighted by atomic mass is 35.5. The Bertz CT molecular complexity index is 194. The number of halogens is 1. The smallest absolute Gasteiger partial charge is 0.153 e. The SMILES string of the molecule is Cl.c1cc(C2CCCN2)on1. The summed E-state index contributed by atoms with van der Waals surface area (Å²) in [4.78, 5) is 0. The highest BCUT2D eigenvalue weighted by molar-refractivity contribution is 5.85. The normalized spacial score (nSPS) is 23.1. The maximum absolute atomic E-state index is 5.00. The zero-order chi connectivity index (χ0) is 6.81. The topological polar surface area (TPSA) is 38.1 Å². The van der Waals surface area contributed by atoms with E-state index in [0.29, 0.717) is 6.04 Å². The maximum Gasteiger partial charge on any atom is 0.153 e. The first-order valence-electron chi connectivity index (χ1n) is 3.61. The van der Waals surface area contributed by atoms with Gasteiger partial charge in [-0.3, -0.25) is 0 Å². The highest BCUT2D eigenvalue weighted by Gasteiger charge is 2.18. The van der Waals surface area contributed by atoms with Gasteiger partial charge in [-0.25, -0.2) is 0 Å². The average Bonchev–Trinajstić information content (AvgIpc) is 2.59. The van der Waals surface area contributed by atoms with Gasteiger partial charge in [0.15, 0.2) is 5.76 Å². The Morgan fingerprint density at radius 2 is 2.55 bits per heavy atom. The van der Waals surface area contributed by atoms with E-state index in [9.17, 15) is 0 Å². The van der Waals surface area contributed by atoms with E-state index in [1.54, 1.807) is 6.20 Å². The fraction of sp³-hybridized carbons (Fsp3) is 0.571. The molecule has 1 atom stereocenters. The molecule has 4 heteroatoms. The molecule has 1 unspecified atom stereocenters. The predicted octanol–water partition coefficient (Wildman–Crippen LogP) is 1.52. The molecule has 0 aliphatic carbocycles. The molecule has 62 valence electrons. The Morgan fingerprint density at radius 1 is 1.64 bits per heavy atom. The molecule has 1 aromatic heterocycles. The van der Waals surface area contributed by atoms with E-state index in [1.807, 2.05) is 6.07 Å². The van der Waals surface area contributed by atoms with Gasteiger partial charge >= 0.3 is 0 Å². The molecule has 0 spiro atoms. The van der Waals surface area contributed by atoms with Crippen LogP contribution in [0, 0.1) is 0 Å². The van der Waals surface area contributed by atoms with E-state index >= 15 is 0 Å². The number of hydrogen-bond donors (Lipinski definition) is 1. The molecular formula is C7H11ClN2O. The molecule has 0 bridgehead atoms. The summed E-state index contributed by atoms with van der Waals surface area (Å²) in [5, 5.41) is 6.98. The quantitative estimate of drug-likeness (QED) is 0.702. The van der Waals surface area contributed by atoms with Crippen molar-refractivity contribution in [3.05, 3.63) is 18.0 Å². The standard InChI is InChI=1S/C7H10N2O.ClH/c1-2-6(8-4-1)7-3-5-9-10-7;/h3,5-6,8H,1-2,4H2;1H. The molecule has 1 aliphatic heterocycles. The number of nitrogens with one attached hydrogen (secondary N) is 1. The van der Waals surface area contributed by atoms with Crippen molar-refractivity contribution < 1.29 is 4.52 Å². The lowest BCUT2D eigenvalue weighted by Crippen LogP contribution is -2.11. The molecule has 11 heavy (non-hydrogen) atoms. The fourth-order valence-corrected chi connectivity index (χ4v) is 1.33. The van der Waals surface area contributed by atoms with Crippen LogP contribution in [-0.2, 0) is 0 Å². The Hall–Kier alpha value is -0.540. The zero-order valence-electron chi connectivity index (χ0n) is 6.12. The second kappa shape index (κ2) is 3.74. The number of hydrogen-bond acceptors (Lipinski definition) is 3. The van der Waals surface area contributed by atoms with E-state index in [1.165, 1.54) is 12.8 Å². The molecule has 0 aromatic carbocycles. The van der Waals surface area contributed by atoms with Crippen molar-refractivity contribution in [2.45, 2.75) is 18.9 Å². The Balaban J connectivity index is 0.000000605. The molecule has 1 saturated heterocycles. The molecule has 2 rings (SSSR count). The van der Waals surface area contributed by atoms with Gasteiger partial charge in [-0.15, -0.1) is 12.4 Å². The minimum absolute atomic E-state index is 0. The van der Waals surface area contributed by atoms with Crippen molar-refractivity contribution in [1.82, 2.24) is 10.5 Å². The summed E-state index contributed by atoms with van der Waals surface area (Å²) in [6.07, 6.45) is 4.11. The monoisotopic (exact) mass is 174 g/mol. The van der Waals surface area contributed by atoms with Crippen molar-refractivity contribution in [2.75, 3.05) is 6.54 Å². The third-order valence-corrected chi connectivity index (χ3v) is 1.86. The van der Waals surface area contributed by atoms with Crippen LogP contribution in [0.1, 0.15) is 24.6 Å². The fourth-order valence-electron chi connectivity index (χ4n) is 1.33. The van der Waals surface area contributed by atoms with E-state index in [4.69, 9.17) is 4.52 Å². The maximum atomic E-state index is 5.00. The first-order chi connectivity index (χ1) is 4.97. The second-order valence-corrected chi connectivity index (χ2v) is 2.56. The third-order valence-electron chi connectivity index (χ3n) is 1.86. The van der Waals surface area contributed by atoms with Crippen molar-refractivity contribution in [3.63, 3.8) is 0 Å². The van der Waals surface area contributed by atoms with Gasteiger partial charge in [-0.1, -0.05) is 5.16 Å². The minimum atomic E-state index is 0. The average molecular weight is 175 g/mol. The van der Waals surface area contributed by atoms with Crippen LogP contribution in [0.2, 0.25) is 0 Å². The predicted molar refractivity (Wildman–Crippen MR) is 43.7 cm³/mol. The van der Waals surface area contributed by atoms with Gasteiger partial charge in [-0.05, 0) is 19.4 Å². The number of rotatable bonds is 1. The van der Waals surface area contributed by atoms with Crippen LogP contribution in [0.5, 0.6) is 0 Å². The lowest BCUT2D eigenvalue weighted by Gasteiger charge is -2.02. The Labute approximate surface area is 71.6 Å². The summed E-state index contributed by atoms with van der Waals surface area (Å²) < 4.78 is 5.00. The lowest BCUT2D eigenvalue weighted by molar-refractivity contribution is 0.351. The number of nitrogens with zero attached hydrogens (tertiary/aromatic N) is 1. The van der Waals surface area contributed by atoms with Crippen LogP contribution in [0.25, 0.3) is 0 Å². The molecule has 1 aliphatic rings. The molecule has 0 radical (unpaired) electrons. The van der Waals surface area contributed by atoms with Crippen LogP contribution in [0.15, 0.2) is 16.8 Å². The summed E-state index contributed by atoms with van der Waals surface area (Å²) in [5.74, 6) is 0.970. The molecule has 0 saturated carbocycles. The summed E-state index contributed by atoms with van der Waals surface area (Å²) in [5.41, 5.74) is 0. The third kappa shape index (κ3) is 1.73. The van der Waals surface area contributed by atoms with Crippen molar-refractivity contribution in [2.24, 2.45) is 0 Å². The van der Waals surface area contributed by atoms with Gasteiger partial charge < -0.3 is 9.84 Å². The van der Waals surface area contributed by atoms with Crippen LogP contribution in [0.4, 0.5) is 0 Å². The Kier molecular flexibility index (Phi) is 2.91. The van der Waals surface area contributed by atoms with E-state index < -0.39 is 0 Å². The van der Waals surface area contributed by atoms with E-state index in [2.05, 4.69) is 10.5 Å². The minimum Gasteiger partial charge on any atom is -0.360 e. The van der Waals surface area contributed by atoms with Gasteiger partial charge in [0.25, 0.3) is 0 Å². The van der Waals surface area contributed by atoms with Crippen LogP contribution in [0.3, 0.4) is 0 Å². The van der Waals surface area contributed by atoms with Crippen LogP contribution < -0.4 is 5.32 Å².